The number of amidine groups is 1. The van der Waals surface area contributed by atoms with Crippen molar-refractivity contribution in [1.82, 2.24) is 15.1 Å². The van der Waals surface area contributed by atoms with E-state index in [0.29, 0.717) is 5.75 Å². The Morgan fingerprint density at radius 3 is 2.29 bits per heavy atom. The van der Waals surface area contributed by atoms with Gasteiger partial charge in [0.25, 0.3) is 0 Å². The second-order valence-corrected chi connectivity index (χ2v) is 12.2. The van der Waals surface area contributed by atoms with Crippen molar-refractivity contribution in [3.8, 4) is 5.75 Å². The van der Waals surface area contributed by atoms with Gasteiger partial charge in [0.15, 0.2) is 0 Å². The molecule has 0 radical (unpaired) electrons. The average Bonchev–Trinajstić information content (AvgIpc) is 3.31. The van der Waals surface area contributed by atoms with E-state index >= 15 is 0 Å². The molecule has 0 spiro atoms. The molecule has 45 heavy (non-hydrogen) atoms. The first-order valence-electron chi connectivity index (χ1n) is 14.7. The molecule has 2 aliphatic heterocycles. The van der Waals surface area contributed by atoms with Crippen molar-refractivity contribution >= 4 is 46.0 Å². The smallest absolute Gasteiger partial charge is 0.416 e. The van der Waals surface area contributed by atoms with E-state index < -0.39 is 11.7 Å². The first-order chi connectivity index (χ1) is 21.2. The maximum atomic E-state index is 12.6. The number of hydrogen-bond acceptors (Lipinski definition) is 7. The highest BCUT2D eigenvalue weighted by atomic mass is 35.5. The van der Waals surface area contributed by atoms with Crippen molar-refractivity contribution in [3.63, 3.8) is 0 Å². The van der Waals surface area contributed by atoms with E-state index in [2.05, 4.69) is 64.7 Å². The molecule has 0 bridgehead atoms. The topological polar surface area (TPSA) is 52.1 Å². The fraction of sp³-hybridized carbons (Fsp3) is 0.324. The Morgan fingerprint density at radius 2 is 1.62 bits per heavy atom. The number of aryl methyl sites for hydroxylation is 1. The molecule has 1 fully saturated rings. The molecule has 0 aliphatic carbocycles. The zero-order valence-corrected chi connectivity index (χ0v) is 27.2. The minimum absolute atomic E-state index is 0. The summed E-state index contributed by atoms with van der Waals surface area (Å²) >= 11 is 1.81. The number of aliphatic imine (C=N–C) groups is 1. The van der Waals surface area contributed by atoms with Crippen LogP contribution in [0, 0.1) is 6.92 Å². The molecule has 6 rings (SSSR count). The summed E-state index contributed by atoms with van der Waals surface area (Å²) in [5.74, 6) is 1.54. The minimum Gasteiger partial charge on any atom is -0.486 e. The highest BCUT2D eigenvalue weighted by molar-refractivity contribution is 7.16. The standard InChI is InChI=1S/C17H18F3NO.C17H20N4S.ClH/c1-21-12-11-16(13-5-3-2-4-6-13)22-15-9-7-14(8-10-15)17(18,19)20;1-12-11-13-16(21-9-7-20(2)8-10-21)18-14-5-3-4-6-15(14)19-17(13)22-12;/h2-10,16,21H,11-12H2,1H3;3-6,11,19H,7-10H2,1-2H3;1H. The highest BCUT2D eigenvalue weighted by Gasteiger charge is 2.30. The molecule has 2 aliphatic rings. The van der Waals surface area contributed by atoms with Crippen molar-refractivity contribution < 1.29 is 17.9 Å². The molecule has 3 heterocycles. The number of halogens is 4. The molecular weight excluding hydrogens is 619 g/mol. The Bertz CT molecular complexity index is 1540. The van der Waals surface area contributed by atoms with Gasteiger partial charge in [0.1, 0.15) is 22.7 Å². The number of anilines is 2. The molecule has 11 heteroatoms. The normalized spacial score (nSPS) is 15.2. The van der Waals surface area contributed by atoms with Gasteiger partial charge in [-0.05, 0) is 75.6 Å². The van der Waals surface area contributed by atoms with Crippen molar-refractivity contribution in [2.24, 2.45) is 4.99 Å². The van der Waals surface area contributed by atoms with E-state index in [9.17, 15) is 13.2 Å². The van der Waals surface area contributed by atoms with E-state index in [0.717, 1.165) is 74.1 Å². The number of para-hydroxylation sites is 2. The number of nitrogens with zero attached hydrogens (tertiary/aromatic N) is 3. The summed E-state index contributed by atoms with van der Waals surface area (Å²) < 4.78 is 43.6. The third-order valence-corrected chi connectivity index (χ3v) is 8.53. The number of alkyl halides is 3. The summed E-state index contributed by atoms with van der Waals surface area (Å²) in [5.41, 5.74) is 3.68. The van der Waals surface area contributed by atoms with Crippen LogP contribution in [-0.2, 0) is 6.18 Å². The molecule has 0 amide bonds. The van der Waals surface area contributed by atoms with Gasteiger partial charge < -0.3 is 25.2 Å². The monoisotopic (exact) mass is 657 g/mol. The Hall–Kier alpha value is -3.57. The van der Waals surface area contributed by atoms with Gasteiger partial charge in [-0.3, -0.25) is 0 Å². The molecule has 1 atom stereocenters. The predicted molar refractivity (Wildman–Crippen MR) is 181 cm³/mol. The van der Waals surface area contributed by atoms with Gasteiger partial charge in [-0.1, -0.05) is 42.5 Å². The number of benzene rings is 3. The first-order valence-corrected chi connectivity index (χ1v) is 15.6. The number of rotatable bonds is 6. The Morgan fingerprint density at radius 1 is 0.956 bits per heavy atom. The average molecular weight is 658 g/mol. The van der Waals surface area contributed by atoms with Gasteiger partial charge >= 0.3 is 6.18 Å². The Labute approximate surface area is 273 Å². The van der Waals surface area contributed by atoms with Crippen molar-refractivity contribution in [2.45, 2.75) is 25.6 Å². The summed E-state index contributed by atoms with van der Waals surface area (Å²) in [7, 11) is 4.03. The van der Waals surface area contributed by atoms with Crippen LogP contribution in [-0.4, -0.2) is 62.5 Å². The highest BCUT2D eigenvalue weighted by Crippen LogP contribution is 2.39. The van der Waals surface area contributed by atoms with Crippen LogP contribution in [0.5, 0.6) is 5.75 Å². The van der Waals surface area contributed by atoms with Gasteiger partial charge in [-0.2, -0.15) is 13.2 Å². The van der Waals surface area contributed by atoms with E-state index in [1.165, 1.54) is 27.6 Å². The number of hydrogen-bond donors (Lipinski definition) is 2. The van der Waals surface area contributed by atoms with Crippen LogP contribution in [0.4, 0.5) is 29.5 Å². The van der Waals surface area contributed by atoms with Gasteiger partial charge in [0, 0.05) is 37.5 Å². The van der Waals surface area contributed by atoms with E-state index in [4.69, 9.17) is 9.73 Å². The number of ether oxygens (including phenoxy) is 1. The van der Waals surface area contributed by atoms with Crippen LogP contribution in [0.15, 0.2) is 89.9 Å². The molecule has 3 aromatic carbocycles. The number of thiophene rings is 1. The third-order valence-electron chi connectivity index (χ3n) is 7.57. The molecule has 240 valence electrons. The maximum Gasteiger partial charge on any atom is 0.416 e. The number of nitrogens with one attached hydrogen (secondary N) is 2. The number of piperazine rings is 1. The fourth-order valence-electron chi connectivity index (χ4n) is 5.13. The van der Waals surface area contributed by atoms with Crippen molar-refractivity contribution in [1.29, 1.82) is 0 Å². The molecule has 2 N–H and O–H groups in total. The molecule has 6 nitrogen and oxygen atoms in total. The summed E-state index contributed by atoms with van der Waals surface area (Å²) in [6, 6.07) is 25.0. The maximum absolute atomic E-state index is 12.6. The molecule has 1 unspecified atom stereocenters. The number of fused-ring (bicyclic) bond motifs is 2. The van der Waals surface area contributed by atoms with Crippen LogP contribution in [0.25, 0.3) is 0 Å². The van der Waals surface area contributed by atoms with Gasteiger partial charge in [0.05, 0.1) is 22.5 Å². The quantitative estimate of drug-likeness (QED) is 0.219. The lowest BCUT2D eigenvalue weighted by Crippen LogP contribution is -2.47. The van der Waals surface area contributed by atoms with Gasteiger partial charge in [0.2, 0.25) is 0 Å². The second kappa shape index (κ2) is 15.6. The van der Waals surface area contributed by atoms with Crippen molar-refractivity contribution in [3.05, 3.63) is 106 Å². The van der Waals surface area contributed by atoms with E-state index in [1.54, 1.807) is 11.3 Å². The predicted octanol–water partition coefficient (Wildman–Crippen LogP) is 8.30. The summed E-state index contributed by atoms with van der Waals surface area (Å²) in [6.45, 7) is 7.16. The van der Waals surface area contributed by atoms with Crippen LogP contribution in [0.3, 0.4) is 0 Å². The molecular formula is C34H39ClF3N5OS. The minimum atomic E-state index is -4.33. The molecule has 1 aromatic heterocycles. The van der Waals surface area contributed by atoms with Crippen LogP contribution < -0.4 is 15.4 Å². The third kappa shape index (κ3) is 9.00. The fourth-order valence-corrected chi connectivity index (χ4v) is 6.05. The van der Waals surface area contributed by atoms with E-state index in [1.807, 2.05) is 37.4 Å². The van der Waals surface area contributed by atoms with E-state index in [-0.39, 0.29) is 18.5 Å². The first kappa shape index (κ1) is 34.3. The van der Waals surface area contributed by atoms with Crippen LogP contribution >= 0.6 is 23.7 Å². The van der Waals surface area contributed by atoms with Gasteiger partial charge in [-0.25, -0.2) is 4.99 Å². The van der Waals surface area contributed by atoms with Gasteiger partial charge in [-0.15, -0.1) is 23.7 Å². The zero-order valence-electron chi connectivity index (χ0n) is 25.6. The van der Waals surface area contributed by atoms with Crippen LogP contribution in [0.1, 0.15) is 34.1 Å². The molecule has 4 aromatic rings. The lowest BCUT2D eigenvalue weighted by atomic mass is 10.1. The molecule has 0 saturated carbocycles. The summed E-state index contributed by atoms with van der Waals surface area (Å²) in [4.78, 5) is 11.1. The Kier molecular flexibility index (Phi) is 11.9. The van der Waals surface area contributed by atoms with Crippen molar-refractivity contribution in [2.75, 3.05) is 52.1 Å². The second-order valence-electron chi connectivity index (χ2n) is 10.9. The largest absolute Gasteiger partial charge is 0.486 e. The lowest BCUT2D eigenvalue weighted by molar-refractivity contribution is -0.137. The van der Waals surface area contributed by atoms with Crippen LogP contribution in [0.2, 0.25) is 0 Å². The number of likely N-dealkylation sites (N-methyl/N-ethyl adjacent to an activating group) is 1. The molecule has 1 saturated heterocycles. The lowest BCUT2D eigenvalue weighted by Gasteiger charge is -2.34. The SMILES string of the molecule is CNCCC(Oc1ccc(C(F)(F)F)cc1)c1ccccc1.Cc1cc2c(s1)Nc1ccccc1N=C2N1CCN(C)CC1.Cl. The summed E-state index contributed by atoms with van der Waals surface area (Å²) in [5, 5.41) is 7.83. The zero-order chi connectivity index (χ0) is 31.1. The Balaban J connectivity index is 0.000000200. The summed E-state index contributed by atoms with van der Waals surface area (Å²) in [6.07, 6.45) is -3.81.